The zero-order chi connectivity index (χ0) is 17.1. The first-order valence-electron chi connectivity index (χ1n) is 8.52. The SMILES string of the molecule is CCNC(=NCCS(=O)(=O)C(C)(C)C)N1CCC2(CCOC2)C1.I. The lowest BCUT2D eigenvalue weighted by Gasteiger charge is -2.25. The Kier molecular flexibility index (Phi) is 7.80. The first-order chi connectivity index (χ1) is 10.7. The lowest BCUT2D eigenvalue weighted by Crippen LogP contribution is -2.42. The first-order valence-corrected chi connectivity index (χ1v) is 10.2. The fraction of sp³-hybridized carbons (Fsp3) is 0.938. The smallest absolute Gasteiger partial charge is 0.193 e. The highest BCUT2D eigenvalue weighted by Gasteiger charge is 2.42. The third kappa shape index (κ3) is 5.20. The van der Waals surface area contributed by atoms with Crippen LogP contribution in [0.25, 0.3) is 0 Å². The van der Waals surface area contributed by atoms with Crippen LogP contribution in [0.5, 0.6) is 0 Å². The summed E-state index contributed by atoms with van der Waals surface area (Å²) < 4.78 is 29.2. The fourth-order valence-electron chi connectivity index (χ4n) is 3.09. The van der Waals surface area contributed by atoms with Crippen molar-refractivity contribution in [3.8, 4) is 0 Å². The molecule has 1 spiro atoms. The van der Waals surface area contributed by atoms with Crippen molar-refractivity contribution < 1.29 is 13.2 Å². The summed E-state index contributed by atoms with van der Waals surface area (Å²) in [6.45, 7) is 11.9. The average Bonchev–Trinajstić information content (AvgIpc) is 3.07. The summed E-state index contributed by atoms with van der Waals surface area (Å²) in [6.07, 6.45) is 2.24. The minimum atomic E-state index is -3.13. The third-order valence-electron chi connectivity index (χ3n) is 4.81. The molecular weight excluding hydrogens is 441 g/mol. The third-order valence-corrected chi connectivity index (χ3v) is 7.40. The van der Waals surface area contributed by atoms with Gasteiger partial charge in [0.2, 0.25) is 0 Å². The maximum Gasteiger partial charge on any atom is 0.193 e. The van der Waals surface area contributed by atoms with Gasteiger partial charge in [-0.25, -0.2) is 8.42 Å². The molecule has 0 aromatic rings. The Morgan fingerprint density at radius 1 is 1.33 bits per heavy atom. The lowest BCUT2D eigenvalue weighted by atomic mass is 9.87. The second-order valence-corrected chi connectivity index (χ2v) is 10.5. The first kappa shape index (κ1) is 22.0. The standard InChI is InChI=1S/C16H31N3O3S.HI/c1-5-17-14(18-8-11-23(20,21)15(2,3)4)19-9-6-16(12-19)7-10-22-13-16;/h5-13H2,1-4H3,(H,17,18);1H. The molecule has 0 radical (unpaired) electrons. The Morgan fingerprint density at radius 2 is 2.04 bits per heavy atom. The second kappa shape index (κ2) is 8.53. The molecule has 2 saturated heterocycles. The van der Waals surface area contributed by atoms with Gasteiger partial charge in [-0.1, -0.05) is 0 Å². The molecule has 0 saturated carbocycles. The molecule has 1 atom stereocenters. The predicted octanol–water partition coefficient (Wildman–Crippen LogP) is 1.90. The number of nitrogens with one attached hydrogen (secondary N) is 1. The van der Waals surface area contributed by atoms with E-state index in [1.54, 1.807) is 20.8 Å². The van der Waals surface area contributed by atoms with Gasteiger partial charge in [0.25, 0.3) is 0 Å². The van der Waals surface area contributed by atoms with Gasteiger partial charge in [-0.05, 0) is 40.5 Å². The van der Waals surface area contributed by atoms with Crippen LogP contribution in [0.4, 0.5) is 0 Å². The Hall–Kier alpha value is -0.0900. The molecule has 0 aromatic carbocycles. The van der Waals surface area contributed by atoms with Crippen molar-refractivity contribution >= 4 is 39.8 Å². The van der Waals surface area contributed by atoms with Gasteiger partial charge < -0.3 is 15.0 Å². The summed E-state index contributed by atoms with van der Waals surface area (Å²) in [7, 11) is -3.13. The van der Waals surface area contributed by atoms with Gasteiger partial charge >= 0.3 is 0 Å². The van der Waals surface area contributed by atoms with Crippen LogP contribution in [0, 0.1) is 5.41 Å². The molecule has 2 heterocycles. The van der Waals surface area contributed by atoms with E-state index in [0.29, 0.717) is 6.54 Å². The van der Waals surface area contributed by atoms with E-state index in [-0.39, 0.29) is 35.1 Å². The summed E-state index contributed by atoms with van der Waals surface area (Å²) in [5, 5.41) is 3.30. The van der Waals surface area contributed by atoms with Crippen molar-refractivity contribution in [1.82, 2.24) is 10.2 Å². The predicted molar refractivity (Wildman–Crippen MR) is 109 cm³/mol. The Labute approximate surface area is 163 Å². The van der Waals surface area contributed by atoms with Gasteiger partial charge in [-0.2, -0.15) is 0 Å². The number of rotatable bonds is 4. The molecule has 6 nitrogen and oxygen atoms in total. The molecule has 24 heavy (non-hydrogen) atoms. The van der Waals surface area contributed by atoms with Gasteiger partial charge in [0.05, 0.1) is 23.7 Å². The minimum absolute atomic E-state index is 0. The number of hydrogen-bond acceptors (Lipinski definition) is 4. The normalized spacial score (nSPS) is 25.2. The Morgan fingerprint density at radius 3 is 2.58 bits per heavy atom. The van der Waals surface area contributed by atoms with Crippen molar-refractivity contribution in [2.75, 3.05) is 45.1 Å². The van der Waals surface area contributed by atoms with Gasteiger partial charge in [0, 0.05) is 31.7 Å². The van der Waals surface area contributed by atoms with E-state index in [0.717, 1.165) is 51.6 Å². The maximum atomic E-state index is 12.2. The van der Waals surface area contributed by atoms with Gasteiger partial charge in [-0.15, -0.1) is 24.0 Å². The summed E-state index contributed by atoms with van der Waals surface area (Å²) >= 11 is 0. The average molecular weight is 473 g/mol. The van der Waals surface area contributed by atoms with E-state index in [1.807, 2.05) is 6.92 Å². The molecule has 1 N–H and O–H groups in total. The zero-order valence-electron chi connectivity index (χ0n) is 15.3. The second-order valence-electron chi connectivity index (χ2n) is 7.64. The molecule has 8 heteroatoms. The van der Waals surface area contributed by atoms with E-state index in [4.69, 9.17) is 4.74 Å². The fourth-order valence-corrected chi connectivity index (χ4v) is 4.04. The molecule has 142 valence electrons. The number of nitrogens with zero attached hydrogens (tertiary/aromatic N) is 2. The molecule has 0 bridgehead atoms. The van der Waals surface area contributed by atoms with Gasteiger partial charge in [0.1, 0.15) is 0 Å². The number of aliphatic imine (C=N–C) groups is 1. The maximum absolute atomic E-state index is 12.2. The largest absolute Gasteiger partial charge is 0.381 e. The van der Waals surface area contributed by atoms with Crippen LogP contribution in [-0.2, 0) is 14.6 Å². The molecule has 1 unspecified atom stereocenters. The van der Waals surface area contributed by atoms with Crippen molar-refractivity contribution in [1.29, 1.82) is 0 Å². The van der Waals surface area contributed by atoms with E-state index >= 15 is 0 Å². The topological polar surface area (TPSA) is 71.0 Å². The highest BCUT2D eigenvalue weighted by atomic mass is 127. The molecule has 0 amide bonds. The van der Waals surface area contributed by atoms with Crippen LogP contribution in [0.15, 0.2) is 4.99 Å². The van der Waals surface area contributed by atoms with Crippen LogP contribution < -0.4 is 5.32 Å². The number of ether oxygens (including phenoxy) is 1. The summed E-state index contributed by atoms with van der Waals surface area (Å²) in [5.74, 6) is 0.924. The molecule has 2 aliphatic heterocycles. The van der Waals surface area contributed by atoms with Crippen molar-refractivity contribution in [3.05, 3.63) is 0 Å². The van der Waals surface area contributed by atoms with Gasteiger partial charge in [-0.3, -0.25) is 4.99 Å². The molecular formula is C16H32IN3O3S. The van der Waals surface area contributed by atoms with Crippen molar-refractivity contribution in [3.63, 3.8) is 0 Å². The van der Waals surface area contributed by atoms with Crippen LogP contribution in [0.1, 0.15) is 40.5 Å². The number of sulfone groups is 1. The van der Waals surface area contributed by atoms with E-state index < -0.39 is 14.6 Å². The Bertz CT molecular complexity index is 537. The molecule has 2 fully saturated rings. The number of likely N-dealkylation sites (tertiary alicyclic amines) is 1. The van der Waals surface area contributed by atoms with Gasteiger partial charge in [0.15, 0.2) is 15.8 Å². The monoisotopic (exact) mass is 473 g/mol. The number of halogens is 1. The molecule has 2 rings (SSSR count). The zero-order valence-corrected chi connectivity index (χ0v) is 18.4. The van der Waals surface area contributed by atoms with Crippen LogP contribution >= 0.6 is 24.0 Å². The molecule has 0 aromatic heterocycles. The van der Waals surface area contributed by atoms with E-state index in [2.05, 4.69) is 15.2 Å². The molecule has 2 aliphatic rings. The van der Waals surface area contributed by atoms with Crippen molar-refractivity contribution in [2.24, 2.45) is 10.4 Å². The van der Waals surface area contributed by atoms with E-state index in [9.17, 15) is 8.42 Å². The van der Waals surface area contributed by atoms with E-state index in [1.165, 1.54) is 0 Å². The molecule has 0 aliphatic carbocycles. The number of hydrogen-bond donors (Lipinski definition) is 1. The highest BCUT2D eigenvalue weighted by molar-refractivity contribution is 14.0. The summed E-state index contributed by atoms with van der Waals surface area (Å²) in [4.78, 5) is 6.81. The quantitative estimate of drug-likeness (QED) is 0.384. The highest BCUT2D eigenvalue weighted by Crippen LogP contribution is 2.38. The number of guanidine groups is 1. The van der Waals surface area contributed by atoms with Crippen molar-refractivity contribution in [2.45, 2.75) is 45.3 Å². The van der Waals surface area contributed by atoms with Crippen LogP contribution in [0.2, 0.25) is 0 Å². The minimum Gasteiger partial charge on any atom is -0.381 e. The Balaban J connectivity index is 0.00000288. The lowest BCUT2D eigenvalue weighted by molar-refractivity contribution is 0.156. The summed E-state index contributed by atoms with van der Waals surface area (Å²) in [6, 6.07) is 0. The van der Waals surface area contributed by atoms with Crippen LogP contribution in [-0.4, -0.2) is 69.2 Å². The summed E-state index contributed by atoms with van der Waals surface area (Å²) in [5.41, 5.74) is 0.272. The van der Waals surface area contributed by atoms with Crippen LogP contribution in [0.3, 0.4) is 0 Å².